The summed E-state index contributed by atoms with van der Waals surface area (Å²) in [6.45, 7) is 11.5. The van der Waals surface area contributed by atoms with E-state index >= 15 is 0 Å². The first-order chi connectivity index (χ1) is 13.2. The van der Waals surface area contributed by atoms with E-state index in [9.17, 15) is 14.9 Å². The average molecular weight is 386 g/mol. The van der Waals surface area contributed by atoms with Crippen LogP contribution in [0.4, 0.5) is 0 Å². The number of hydrogen-bond acceptors (Lipinski definition) is 4. The molecule has 1 aromatic heterocycles. The molecule has 0 radical (unpaired) electrons. The number of likely N-dealkylation sites (tertiary alicyclic amines) is 1. The summed E-state index contributed by atoms with van der Waals surface area (Å²) in [6, 6.07) is 4.04. The van der Waals surface area contributed by atoms with Crippen molar-refractivity contribution in [2.75, 3.05) is 13.2 Å². The predicted octanol–water partition coefficient (Wildman–Crippen LogP) is 3.61. The lowest BCUT2D eigenvalue weighted by Crippen LogP contribution is -2.44. The smallest absolute Gasteiger partial charge is 0.349 e. The molecule has 0 spiro atoms. The van der Waals surface area contributed by atoms with E-state index in [0.717, 1.165) is 42.8 Å². The lowest BCUT2D eigenvalue weighted by atomic mass is 10.0. The number of rotatable bonds is 6. The Bertz CT molecular complexity index is 799. The van der Waals surface area contributed by atoms with E-state index in [-0.39, 0.29) is 24.1 Å². The van der Waals surface area contributed by atoms with Gasteiger partial charge in [-0.2, -0.15) is 5.26 Å². The summed E-state index contributed by atoms with van der Waals surface area (Å²) in [7, 11) is 0. The summed E-state index contributed by atoms with van der Waals surface area (Å²) in [4.78, 5) is 26.4. The zero-order valence-corrected chi connectivity index (χ0v) is 17.6. The third kappa shape index (κ3) is 5.25. The summed E-state index contributed by atoms with van der Waals surface area (Å²) < 4.78 is 7.32. The Kier molecular flexibility index (Phi) is 7.45. The maximum Gasteiger partial charge on any atom is 0.349 e. The summed E-state index contributed by atoms with van der Waals surface area (Å²) >= 11 is 0. The van der Waals surface area contributed by atoms with Crippen LogP contribution in [0, 0.1) is 31.1 Å². The van der Waals surface area contributed by atoms with Crippen LogP contribution >= 0.6 is 0 Å². The fraction of sp³-hybridized carbons (Fsp3) is 0.591. The van der Waals surface area contributed by atoms with Crippen molar-refractivity contribution in [3.63, 3.8) is 0 Å². The Hall–Kier alpha value is -2.55. The van der Waals surface area contributed by atoms with E-state index < -0.39 is 5.97 Å². The number of carbonyl (C=O) groups is 2. The first-order valence-corrected chi connectivity index (χ1v) is 9.99. The number of carbonyl (C=O) groups excluding carboxylic acids is 2. The molecule has 1 aliphatic rings. The van der Waals surface area contributed by atoms with Gasteiger partial charge in [0.1, 0.15) is 11.6 Å². The standard InChI is InChI=1S/C22H31N3O3/c1-15(2)13-25-17(4)10-19(18(25)5)11-20(12-23)22(27)28-14-21(26)24-9-7-6-8-16(24)3/h10-11,15-16H,6-9,13-14H2,1-5H3/b20-11+. The number of aromatic nitrogens is 1. The number of nitriles is 1. The maximum absolute atomic E-state index is 12.3. The molecule has 0 aliphatic carbocycles. The van der Waals surface area contributed by atoms with Gasteiger partial charge in [-0.25, -0.2) is 4.79 Å². The topological polar surface area (TPSA) is 75.3 Å². The molecule has 1 unspecified atom stereocenters. The molecule has 0 saturated carbocycles. The molecule has 152 valence electrons. The number of ether oxygens (including phenoxy) is 1. The van der Waals surface area contributed by atoms with Crippen molar-refractivity contribution < 1.29 is 14.3 Å². The van der Waals surface area contributed by atoms with Gasteiger partial charge in [-0.15, -0.1) is 0 Å². The second kappa shape index (κ2) is 9.59. The number of esters is 1. The predicted molar refractivity (Wildman–Crippen MR) is 108 cm³/mol. The quantitative estimate of drug-likeness (QED) is 0.426. The van der Waals surface area contributed by atoms with Gasteiger partial charge in [0, 0.05) is 30.5 Å². The zero-order valence-electron chi connectivity index (χ0n) is 17.6. The Labute approximate surface area is 167 Å². The van der Waals surface area contributed by atoms with Gasteiger partial charge in [0.25, 0.3) is 5.91 Å². The minimum atomic E-state index is -0.755. The first-order valence-electron chi connectivity index (χ1n) is 9.99. The van der Waals surface area contributed by atoms with Crippen LogP contribution in [0.2, 0.25) is 0 Å². The second-order valence-corrected chi connectivity index (χ2v) is 8.01. The van der Waals surface area contributed by atoms with Gasteiger partial charge in [-0.1, -0.05) is 13.8 Å². The highest BCUT2D eigenvalue weighted by molar-refractivity contribution is 5.99. The molecule has 1 aromatic rings. The molecule has 1 atom stereocenters. The van der Waals surface area contributed by atoms with Crippen LogP contribution in [0.3, 0.4) is 0 Å². The lowest BCUT2D eigenvalue weighted by molar-refractivity contribution is -0.150. The van der Waals surface area contributed by atoms with Crippen molar-refractivity contribution in [2.24, 2.45) is 5.92 Å². The van der Waals surface area contributed by atoms with Gasteiger partial charge in [0.15, 0.2) is 6.61 Å². The van der Waals surface area contributed by atoms with Crippen molar-refractivity contribution in [3.8, 4) is 6.07 Å². The molecule has 1 aliphatic heterocycles. The molecule has 1 amide bonds. The van der Waals surface area contributed by atoms with Crippen LogP contribution in [-0.4, -0.2) is 40.5 Å². The maximum atomic E-state index is 12.3. The van der Waals surface area contributed by atoms with Crippen molar-refractivity contribution in [3.05, 3.63) is 28.6 Å². The SMILES string of the molecule is Cc1cc(/C=C(\C#N)C(=O)OCC(=O)N2CCCCC2C)c(C)n1CC(C)C. The van der Waals surface area contributed by atoms with Gasteiger partial charge >= 0.3 is 5.97 Å². The second-order valence-electron chi connectivity index (χ2n) is 8.01. The molecule has 0 bridgehead atoms. The highest BCUT2D eigenvalue weighted by Crippen LogP contribution is 2.20. The molecule has 1 fully saturated rings. The van der Waals surface area contributed by atoms with Gasteiger partial charge < -0.3 is 14.2 Å². The van der Waals surface area contributed by atoms with Crippen LogP contribution < -0.4 is 0 Å². The molecule has 0 N–H and O–H groups in total. The van der Waals surface area contributed by atoms with Gasteiger partial charge in [-0.3, -0.25) is 4.79 Å². The van der Waals surface area contributed by atoms with E-state index in [4.69, 9.17) is 4.74 Å². The van der Waals surface area contributed by atoms with Gasteiger partial charge in [-0.05, 0) is 63.7 Å². The molecular weight excluding hydrogens is 354 g/mol. The fourth-order valence-corrected chi connectivity index (χ4v) is 3.67. The zero-order chi connectivity index (χ0) is 20.8. The number of piperidine rings is 1. The van der Waals surface area contributed by atoms with Gasteiger partial charge in [0.05, 0.1) is 0 Å². The van der Waals surface area contributed by atoms with Crippen LogP contribution in [0.1, 0.15) is 57.0 Å². The van der Waals surface area contributed by atoms with E-state index in [2.05, 4.69) is 18.4 Å². The summed E-state index contributed by atoms with van der Waals surface area (Å²) in [5.41, 5.74) is 2.81. The molecule has 0 aromatic carbocycles. The number of aryl methyl sites for hydroxylation is 1. The summed E-state index contributed by atoms with van der Waals surface area (Å²) in [5, 5.41) is 9.40. The first kappa shape index (κ1) is 21.7. The van der Waals surface area contributed by atoms with E-state index in [0.29, 0.717) is 12.5 Å². The van der Waals surface area contributed by atoms with Crippen molar-refractivity contribution >= 4 is 18.0 Å². The van der Waals surface area contributed by atoms with Crippen molar-refractivity contribution in [1.82, 2.24) is 9.47 Å². The average Bonchev–Trinajstić information content (AvgIpc) is 2.91. The van der Waals surface area contributed by atoms with Crippen LogP contribution in [0.25, 0.3) is 6.08 Å². The van der Waals surface area contributed by atoms with E-state index in [1.165, 1.54) is 0 Å². The largest absolute Gasteiger partial charge is 0.451 e. The van der Waals surface area contributed by atoms with Gasteiger partial charge in [0.2, 0.25) is 0 Å². The monoisotopic (exact) mass is 385 g/mol. The highest BCUT2D eigenvalue weighted by atomic mass is 16.5. The lowest BCUT2D eigenvalue weighted by Gasteiger charge is -2.33. The Morgan fingerprint density at radius 3 is 2.68 bits per heavy atom. The van der Waals surface area contributed by atoms with Crippen molar-refractivity contribution in [2.45, 2.75) is 66.5 Å². The minimum Gasteiger partial charge on any atom is -0.451 e. The summed E-state index contributed by atoms with van der Waals surface area (Å²) in [6.07, 6.45) is 4.60. The highest BCUT2D eigenvalue weighted by Gasteiger charge is 2.24. The van der Waals surface area contributed by atoms with Crippen molar-refractivity contribution in [1.29, 1.82) is 5.26 Å². The Balaban J connectivity index is 2.07. The number of nitrogens with zero attached hydrogens (tertiary/aromatic N) is 3. The summed E-state index contributed by atoms with van der Waals surface area (Å²) in [5.74, 6) is -0.465. The molecule has 28 heavy (non-hydrogen) atoms. The van der Waals surface area contributed by atoms with E-state index in [1.54, 1.807) is 11.0 Å². The number of amides is 1. The normalized spacial score (nSPS) is 17.5. The molecule has 6 heteroatoms. The Morgan fingerprint density at radius 1 is 1.36 bits per heavy atom. The molecule has 2 heterocycles. The van der Waals surface area contributed by atoms with Crippen LogP contribution in [0.15, 0.2) is 11.6 Å². The van der Waals surface area contributed by atoms with E-state index in [1.807, 2.05) is 32.9 Å². The molecule has 2 rings (SSSR count). The molecule has 6 nitrogen and oxygen atoms in total. The fourth-order valence-electron chi connectivity index (χ4n) is 3.67. The number of hydrogen-bond donors (Lipinski definition) is 0. The minimum absolute atomic E-state index is 0.0933. The Morgan fingerprint density at radius 2 is 2.07 bits per heavy atom. The van der Waals surface area contributed by atoms with Crippen LogP contribution in [-0.2, 0) is 20.9 Å². The van der Waals surface area contributed by atoms with Crippen LogP contribution in [0.5, 0.6) is 0 Å². The molecular formula is C22H31N3O3. The third-order valence-electron chi connectivity index (χ3n) is 5.25. The molecule has 1 saturated heterocycles. The third-order valence-corrected chi connectivity index (χ3v) is 5.25.